The van der Waals surface area contributed by atoms with Crippen LogP contribution in [0.15, 0.2) is 48.5 Å². The van der Waals surface area contributed by atoms with Crippen LogP contribution in [0.5, 0.6) is 0 Å². The summed E-state index contributed by atoms with van der Waals surface area (Å²) in [7, 11) is 0. The van der Waals surface area contributed by atoms with Gasteiger partial charge in [-0.2, -0.15) is 0 Å². The summed E-state index contributed by atoms with van der Waals surface area (Å²) in [5.74, 6) is 1.02. The summed E-state index contributed by atoms with van der Waals surface area (Å²) in [6.45, 7) is 2.55. The highest BCUT2D eigenvalue weighted by Crippen LogP contribution is 2.35. The number of rotatable bonds is 4. The van der Waals surface area contributed by atoms with Gasteiger partial charge in [0.15, 0.2) is 0 Å². The fraction of sp³-hybridized carbons (Fsp3) is 0.409. The Balaban J connectivity index is 0.00000196. The summed E-state index contributed by atoms with van der Waals surface area (Å²) < 4.78 is 0. The Morgan fingerprint density at radius 3 is 2.46 bits per heavy atom. The fourth-order valence-corrected chi connectivity index (χ4v) is 4.21. The molecule has 0 saturated heterocycles. The monoisotopic (exact) mass is 370 g/mol. The number of halogens is 1. The van der Waals surface area contributed by atoms with Gasteiger partial charge in [0, 0.05) is 25.6 Å². The molecule has 1 aliphatic heterocycles. The van der Waals surface area contributed by atoms with Crippen LogP contribution in [0, 0.1) is 5.92 Å². The van der Waals surface area contributed by atoms with Gasteiger partial charge < -0.3 is 10.6 Å². The largest absolute Gasteiger partial charge is 0.352 e. The van der Waals surface area contributed by atoms with Gasteiger partial charge in [-0.3, -0.25) is 4.79 Å². The van der Waals surface area contributed by atoms with E-state index in [0.29, 0.717) is 12.5 Å². The van der Waals surface area contributed by atoms with Crippen molar-refractivity contribution in [1.29, 1.82) is 0 Å². The minimum atomic E-state index is 0. The highest BCUT2D eigenvalue weighted by molar-refractivity contribution is 5.85. The topological polar surface area (TPSA) is 41.1 Å². The quantitative estimate of drug-likeness (QED) is 0.842. The zero-order valence-corrected chi connectivity index (χ0v) is 15.9. The van der Waals surface area contributed by atoms with E-state index in [-0.39, 0.29) is 24.2 Å². The van der Waals surface area contributed by atoms with Crippen LogP contribution in [0.3, 0.4) is 0 Å². The molecule has 1 aliphatic carbocycles. The first-order valence-electron chi connectivity index (χ1n) is 9.43. The normalized spacial score (nSPS) is 21.5. The number of fused-ring (bicyclic) bond motifs is 1. The molecule has 26 heavy (non-hydrogen) atoms. The minimum Gasteiger partial charge on any atom is -0.352 e. The molecular weight excluding hydrogens is 344 g/mol. The molecule has 2 aromatic carbocycles. The molecule has 2 aromatic rings. The molecule has 3 nitrogen and oxygen atoms in total. The lowest BCUT2D eigenvalue weighted by atomic mass is 9.78. The van der Waals surface area contributed by atoms with E-state index in [9.17, 15) is 4.79 Å². The van der Waals surface area contributed by atoms with E-state index in [1.807, 2.05) is 0 Å². The summed E-state index contributed by atoms with van der Waals surface area (Å²) in [4.78, 5) is 12.5. The molecule has 0 radical (unpaired) electrons. The van der Waals surface area contributed by atoms with Crippen LogP contribution >= 0.6 is 12.4 Å². The van der Waals surface area contributed by atoms with Crippen molar-refractivity contribution in [3.8, 4) is 0 Å². The number of carbonyl (C=O) groups excluding carboxylic acids is 1. The van der Waals surface area contributed by atoms with Gasteiger partial charge in [0.1, 0.15) is 0 Å². The molecule has 4 rings (SSSR count). The lowest BCUT2D eigenvalue weighted by Crippen LogP contribution is -2.32. The second kappa shape index (κ2) is 8.70. The molecule has 0 atom stereocenters. The summed E-state index contributed by atoms with van der Waals surface area (Å²) in [5, 5.41) is 6.52. The first-order chi connectivity index (χ1) is 12.3. The molecule has 2 aliphatic rings. The zero-order valence-electron chi connectivity index (χ0n) is 15.0. The van der Waals surface area contributed by atoms with Gasteiger partial charge in [0.25, 0.3) is 0 Å². The number of carbonyl (C=O) groups is 1. The van der Waals surface area contributed by atoms with Crippen molar-refractivity contribution in [3.63, 3.8) is 0 Å². The van der Waals surface area contributed by atoms with Crippen LogP contribution in [0.2, 0.25) is 0 Å². The smallest absolute Gasteiger partial charge is 0.223 e. The predicted molar refractivity (Wildman–Crippen MR) is 107 cm³/mol. The van der Waals surface area contributed by atoms with Gasteiger partial charge in [0.05, 0.1) is 0 Å². The van der Waals surface area contributed by atoms with Gasteiger partial charge in [-0.15, -0.1) is 12.4 Å². The summed E-state index contributed by atoms with van der Waals surface area (Å²) in [5.41, 5.74) is 5.38. The first-order valence-corrected chi connectivity index (χ1v) is 9.43. The summed E-state index contributed by atoms with van der Waals surface area (Å²) >= 11 is 0. The van der Waals surface area contributed by atoms with Crippen molar-refractivity contribution in [3.05, 3.63) is 70.8 Å². The third-order valence-electron chi connectivity index (χ3n) is 5.74. The second-order valence-electron chi connectivity index (χ2n) is 7.38. The fourth-order valence-electron chi connectivity index (χ4n) is 4.21. The molecule has 4 heteroatoms. The van der Waals surface area contributed by atoms with Crippen molar-refractivity contribution >= 4 is 18.3 Å². The summed E-state index contributed by atoms with van der Waals surface area (Å²) in [6, 6.07) is 17.3. The molecule has 1 heterocycles. The third-order valence-corrected chi connectivity index (χ3v) is 5.74. The third kappa shape index (κ3) is 4.28. The van der Waals surface area contributed by atoms with Gasteiger partial charge in [-0.25, -0.2) is 0 Å². The van der Waals surface area contributed by atoms with Crippen molar-refractivity contribution in [1.82, 2.24) is 10.6 Å². The number of hydrogen-bond donors (Lipinski definition) is 2. The average molecular weight is 371 g/mol. The van der Waals surface area contributed by atoms with E-state index in [1.54, 1.807) is 0 Å². The van der Waals surface area contributed by atoms with Crippen molar-refractivity contribution in [2.24, 2.45) is 5.92 Å². The molecule has 1 saturated carbocycles. The Kier molecular flexibility index (Phi) is 6.33. The summed E-state index contributed by atoms with van der Waals surface area (Å²) in [6.07, 6.45) is 4.23. The van der Waals surface area contributed by atoms with E-state index >= 15 is 0 Å². The molecule has 0 unspecified atom stereocenters. The van der Waals surface area contributed by atoms with Crippen molar-refractivity contribution in [2.75, 3.05) is 0 Å². The van der Waals surface area contributed by atoms with Crippen LogP contribution < -0.4 is 10.6 Å². The van der Waals surface area contributed by atoms with E-state index in [4.69, 9.17) is 0 Å². The van der Waals surface area contributed by atoms with E-state index in [2.05, 4.69) is 59.2 Å². The first kappa shape index (κ1) is 18.9. The number of benzene rings is 2. The van der Waals surface area contributed by atoms with Gasteiger partial charge in [0.2, 0.25) is 5.91 Å². The van der Waals surface area contributed by atoms with Crippen molar-refractivity contribution < 1.29 is 4.79 Å². The Labute approximate surface area is 162 Å². The molecule has 1 fully saturated rings. The predicted octanol–water partition coefficient (Wildman–Crippen LogP) is 4.30. The Hall–Kier alpha value is -1.84. The maximum Gasteiger partial charge on any atom is 0.223 e. The van der Waals surface area contributed by atoms with Crippen LogP contribution in [-0.4, -0.2) is 5.91 Å². The van der Waals surface area contributed by atoms with E-state index in [0.717, 1.165) is 38.8 Å². The molecule has 1 amide bonds. The van der Waals surface area contributed by atoms with E-state index < -0.39 is 0 Å². The Morgan fingerprint density at radius 2 is 1.69 bits per heavy atom. The Bertz CT molecular complexity index is 739. The average Bonchev–Trinajstić information content (AvgIpc) is 3.15. The maximum absolute atomic E-state index is 12.5. The standard InChI is InChI=1S/C22H26N2O.ClH/c25-22(24-13-16-6-7-20-14-23-15-21(20)12-16)19-10-8-18(9-11-19)17-4-2-1-3-5-17;/h1-7,12,18-19,23H,8-11,13-15H2,(H,24,25);1H. The zero-order chi connectivity index (χ0) is 17.1. The highest BCUT2D eigenvalue weighted by atomic mass is 35.5. The highest BCUT2D eigenvalue weighted by Gasteiger charge is 2.26. The molecule has 0 aromatic heterocycles. The second-order valence-corrected chi connectivity index (χ2v) is 7.38. The minimum absolute atomic E-state index is 0. The molecule has 2 N–H and O–H groups in total. The maximum atomic E-state index is 12.5. The van der Waals surface area contributed by atoms with Crippen LogP contribution in [-0.2, 0) is 24.4 Å². The number of amides is 1. The van der Waals surface area contributed by atoms with Crippen LogP contribution in [0.25, 0.3) is 0 Å². The van der Waals surface area contributed by atoms with Gasteiger partial charge in [-0.05, 0) is 53.9 Å². The lowest BCUT2D eigenvalue weighted by Gasteiger charge is -2.28. The number of nitrogens with one attached hydrogen (secondary N) is 2. The lowest BCUT2D eigenvalue weighted by molar-refractivity contribution is -0.126. The SMILES string of the molecule is Cl.O=C(NCc1ccc2c(c1)CNC2)C1CCC(c2ccccc2)CC1. The Morgan fingerprint density at radius 1 is 0.962 bits per heavy atom. The molecule has 0 bridgehead atoms. The molecule has 0 spiro atoms. The number of hydrogen-bond acceptors (Lipinski definition) is 2. The molecule has 138 valence electrons. The van der Waals surface area contributed by atoms with Crippen LogP contribution in [0.1, 0.15) is 53.9 Å². The van der Waals surface area contributed by atoms with E-state index in [1.165, 1.54) is 22.3 Å². The van der Waals surface area contributed by atoms with Crippen LogP contribution in [0.4, 0.5) is 0 Å². The van der Waals surface area contributed by atoms with Crippen molar-refractivity contribution in [2.45, 2.75) is 51.2 Å². The van der Waals surface area contributed by atoms with Gasteiger partial charge in [-0.1, -0.05) is 48.5 Å². The molecular formula is C22H27ClN2O. The van der Waals surface area contributed by atoms with Gasteiger partial charge >= 0.3 is 0 Å².